The molecule has 0 aliphatic rings. The van der Waals surface area contributed by atoms with Crippen molar-refractivity contribution in [1.82, 2.24) is 0 Å². The second kappa shape index (κ2) is 7.17. The Morgan fingerprint density at radius 2 is 2.12 bits per heavy atom. The van der Waals surface area contributed by atoms with Crippen molar-refractivity contribution in [3.8, 4) is 0 Å². The molecule has 0 radical (unpaired) electrons. The molecule has 1 atom stereocenters. The van der Waals surface area contributed by atoms with E-state index < -0.39 is 22.6 Å². The molecule has 17 heavy (non-hydrogen) atoms. The third-order valence-electron chi connectivity index (χ3n) is 2.09. The zero-order valence-electron chi connectivity index (χ0n) is 9.65. The van der Waals surface area contributed by atoms with Crippen LogP contribution in [0.1, 0.15) is 19.8 Å². The smallest absolute Gasteiger partial charge is 0.318 e. The summed E-state index contributed by atoms with van der Waals surface area (Å²) in [5.41, 5.74) is 0. The first kappa shape index (κ1) is 13.8. The van der Waals surface area contributed by atoms with Crippen LogP contribution in [0.2, 0.25) is 0 Å². The maximum Gasteiger partial charge on any atom is 0.318 e. The SMILES string of the molecule is CCCCOC(=O)CS(=O)c1ccccc1F. The van der Waals surface area contributed by atoms with Crippen molar-refractivity contribution in [3.63, 3.8) is 0 Å². The van der Waals surface area contributed by atoms with Crippen LogP contribution in [0.3, 0.4) is 0 Å². The van der Waals surface area contributed by atoms with Gasteiger partial charge in [-0.05, 0) is 18.6 Å². The van der Waals surface area contributed by atoms with Crippen LogP contribution in [0.4, 0.5) is 4.39 Å². The van der Waals surface area contributed by atoms with E-state index in [4.69, 9.17) is 4.74 Å². The van der Waals surface area contributed by atoms with Crippen molar-refractivity contribution < 1.29 is 18.1 Å². The number of benzene rings is 1. The number of halogens is 1. The van der Waals surface area contributed by atoms with E-state index in [0.717, 1.165) is 12.8 Å². The van der Waals surface area contributed by atoms with E-state index in [1.807, 2.05) is 6.92 Å². The predicted octanol–water partition coefficient (Wildman–Crippen LogP) is 2.28. The molecular weight excluding hydrogens is 243 g/mol. The van der Waals surface area contributed by atoms with Crippen molar-refractivity contribution in [2.75, 3.05) is 12.4 Å². The Labute approximate surface area is 102 Å². The minimum Gasteiger partial charge on any atom is -0.465 e. The highest BCUT2D eigenvalue weighted by molar-refractivity contribution is 7.85. The van der Waals surface area contributed by atoms with E-state index in [9.17, 15) is 13.4 Å². The lowest BCUT2D eigenvalue weighted by molar-refractivity contribution is -0.140. The molecule has 1 unspecified atom stereocenters. The molecule has 0 fully saturated rings. The molecule has 1 aromatic carbocycles. The lowest BCUT2D eigenvalue weighted by Crippen LogP contribution is -2.15. The topological polar surface area (TPSA) is 43.4 Å². The van der Waals surface area contributed by atoms with Gasteiger partial charge in [-0.25, -0.2) is 4.39 Å². The van der Waals surface area contributed by atoms with Crippen LogP contribution < -0.4 is 0 Å². The van der Waals surface area contributed by atoms with Crippen LogP contribution in [0.5, 0.6) is 0 Å². The standard InChI is InChI=1S/C12H15FO3S/c1-2-3-8-16-12(14)9-17(15)11-7-5-4-6-10(11)13/h4-7H,2-3,8-9H2,1H3. The lowest BCUT2D eigenvalue weighted by Gasteiger charge is -2.04. The Morgan fingerprint density at radius 3 is 2.76 bits per heavy atom. The van der Waals surface area contributed by atoms with Crippen molar-refractivity contribution in [1.29, 1.82) is 0 Å². The molecule has 0 N–H and O–H groups in total. The summed E-state index contributed by atoms with van der Waals surface area (Å²) in [5.74, 6) is -1.42. The van der Waals surface area contributed by atoms with E-state index in [-0.39, 0.29) is 10.6 Å². The second-order valence-corrected chi connectivity index (χ2v) is 4.91. The van der Waals surface area contributed by atoms with Gasteiger partial charge in [-0.3, -0.25) is 9.00 Å². The fraction of sp³-hybridized carbons (Fsp3) is 0.417. The Kier molecular flexibility index (Phi) is 5.83. The van der Waals surface area contributed by atoms with Crippen LogP contribution >= 0.6 is 0 Å². The molecule has 0 heterocycles. The molecule has 1 aromatic rings. The van der Waals surface area contributed by atoms with E-state index in [0.29, 0.717) is 6.61 Å². The van der Waals surface area contributed by atoms with Gasteiger partial charge in [0.05, 0.1) is 22.3 Å². The van der Waals surface area contributed by atoms with Gasteiger partial charge in [0.2, 0.25) is 0 Å². The molecule has 0 bridgehead atoms. The first-order valence-corrected chi connectivity index (χ1v) is 6.75. The van der Waals surface area contributed by atoms with Gasteiger partial charge >= 0.3 is 5.97 Å². The number of hydrogen-bond donors (Lipinski definition) is 0. The molecule has 94 valence electrons. The second-order valence-electron chi connectivity index (χ2n) is 3.49. The minimum absolute atomic E-state index is 0.0416. The third-order valence-corrected chi connectivity index (χ3v) is 3.41. The van der Waals surface area contributed by atoms with Gasteiger partial charge in [0.1, 0.15) is 11.6 Å². The van der Waals surface area contributed by atoms with Gasteiger partial charge in [0, 0.05) is 0 Å². The molecule has 0 aliphatic heterocycles. The number of esters is 1. The van der Waals surface area contributed by atoms with E-state index in [1.54, 1.807) is 6.07 Å². The quantitative estimate of drug-likeness (QED) is 0.580. The summed E-state index contributed by atoms with van der Waals surface area (Å²) in [6, 6.07) is 5.72. The number of unbranched alkanes of at least 4 members (excludes halogenated alkanes) is 1. The molecule has 0 saturated heterocycles. The van der Waals surface area contributed by atoms with E-state index in [2.05, 4.69) is 0 Å². The first-order chi connectivity index (χ1) is 8.15. The van der Waals surface area contributed by atoms with Crippen LogP contribution in [-0.2, 0) is 20.3 Å². The lowest BCUT2D eigenvalue weighted by atomic mass is 10.3. The molecule has 3 nitrogen and oxygen atoms in total. The van der Waals surface area contributed by atoms with Gasteiger partial charge in [-0.2, -0.15) is 0 Å². The number of carbonyl (C=O) groups excluding carboxylic acids is 1. The molecular formula is C12H15FO3S. The van der Waals surface area contributed by atoms with Crippen molar-refractivity contribution in [3.05, 3.63) is 30.1 Å². The molecule has 0 aromatic heterocycles. The summed E-state index contributed by atoms with van der Waals surface area (Å²) in [5, 5.41) is 0. The Hall–Kier alpha value is -1.23. The summed E-state index contributed by atoms with van der Waals surface area (Å²) in [7, 11) is -1.68. The van der Waals surface area contributed by atoms with E-state index in [1.165, 1.54) is 18.2 Å². The zero-order chi connectivity index (χ0) is 12.7. The van der Waals surface area contributed by atoms with Crippen LogP contribution in [-0.4, -0.2) is 22.5 Å². The number of ether oxygens (including phenoxy) is 1. The fourth-order valence-electron chi connectivity index (χ4n) is 1.19. The highest BCUT2D eigenvalue weighted by atomic mass is 32.2. The zero-order valence-corrected chi connectivity index (χ0v) is 10.5. The largest absolute Gasteiger partial charge is 0.465 e. The highest BCUT2D eigenvalue weighted by Crippen LogP contribution is 2.11. The number of rotatable bonds is 6. The maximum atomic E-state index is 13.3. The van der Waals surface area contributed by atoms with Gasteiger partial charge in [0.25, 0.3) is 0 Å². The summed E-state index contributed by atoms with van der Waals surface area (Å²) in [6.07, 6.45) is 1.70. The fourth-order valence-corrected chi connectivity index (χ4v) is 2.15. The third kappa shape index (κ3) is 4.65. The van der Waals surface area contributed by atoms with Crippen LogP contribution in [0.25, 0.3) is 0 Å². The number of carbonyl (C=O) groups is 1. The van der Waals surface area contributed by atoms with Gasteiger partial charge in [-0.15, -0.1) is 0 Å². The highest BCUT2D eigenvalue weighted by Gasteiger charge is 2.14. The Balaban J connectivity index is 2.49. The Morgan fingerprint density at radius 1 is 1.41 bits per heavy atom. The molecule has 0 aliphatic carbocycles. The molecule has 0 saturated carbocycles. The molecule has 1 rings (SSSR count). The summed E-state index contributed by atoms with van der Waals surface area (Å²) in [4.78, 5) is 11.3. The maximum absolute atomic E-state index is 13.3. The molecule has 5 heteroatoms. The predicted molar refractivity (Wildman–Crippen MR) is 63.5 cm³/mol. The average molecular weight is 258 g/mol. The minimum atomic E-state index is -1.68. The number of hydrogen-bond acceptors (Lipinski definition) is 3. The summed E-state index contributed by atoms with van der Waals surface area (Å²) >= 11 is 0. The van der Waals surface area contributed by atoms with Crippen molar-refractivity contribution >= 4 is 16.8 Å². The van der Waals surface area contributed by atoms with Gasteiger partial charge in [0.15, 0.2) is 0 Å². The first-order valence-electron chi connectivity index (χ1n) is 5.43. The van der Waals surface area contributed by atoms with Crippen LogP contribution in [0, 0.1) is 5.82 Å². The average Bonchev–Trinajstić information content (AvgIpc) is 2.29. The monoisotopic (exact) mass is 258 g/mol. The van der Waals surface area contributed by atoms with Crippen LogP contribution in [0.15, 0.2) is 29.2 Å². The normalized spacial score (nSPS) is 12.1. The summed E-state index contributed by atoms with van der Waals surface area (Å²) in [6.45, 7) is 2.30. The Bertz CT molecular complexity index is 406. The summed E-state index contributed by atoms with van der Waals surface area (Å²) < 4.78 is 29.8. The van der Waals surface area contributed by atoms with Crippen molar-refractivity contribution in [2.24, 2.45) is 0 Å². The molecule has 0 amide bonds. The van der Waals surface area contributed by atoms with E-state index >= 15 is 0 Å². The van der Waals surface area contributed by atoms with Gasteiger partial charge < -0.3 is 4.74 Å². The van der Waals surface area contributed by atoms with Gasteiger partial charge in [-0.1, -0.05) is 25.5 Å². The van der Waals surface area contributed by atoms with Crippen molar-refractivity contribution in [2.45, 2.75) is 24.7 Å². The molecule has 0 spiro atoms.